The molecule has 10 nitrogen and oxygen atoms in total. The highest BCUT2D eigenvalue weighted by molar-refractivity contribution is 5.94. The number of pyridine rings is 2. The molecule has 4 aromatic rings. The molecular formula is C34H38N2O8. The van der Waals surface area contributed by atoms with Crippen molar-refractivity contribution in [1.82, 2.24) is 9.13 Å². The zero-order valence-corrected chi connectivity index (χ0v) is 26.6. The smallest absolute Gasteiger partial charge is 0.258 e. The summed E-state index contributed by atoms with van der Waals surface area (Å²) in [6.07, 6.45) is 1.22. The van der Waals surface area contributed by atoms with Crippen LogP contribution in [0.5, 0.6) is 34.6 Å². The van der Waals surface area contributed by atoms with Crippen LogP contribution in [0.2, 0.25) is 0 Å². The van der Waals surface area contributed by atoms with Crippen molar-refractivity contribution >= 4 is 21.8 Å². The lowest BCUT2D eigenvalue weighted by Crippen LogP contribution is -2.58. The number of fused-ring (bicyclic) bond motifs is 11. The van der Waals surface area contributed by atoms with Gasteiger partial charge < -0.3 is 37.6 Å². The van der Waals surface area contributed by atoms with Crippen LogP contribution in [0.3, 0.4) is 0 Å². The van der Waals surface area contributed by atoms with Gasteiger partial charge in [0.1, 0.15) is 28.0 Å². The summed E-state index contributed by atoms with van der Waals surface area (Å²) in [5.74, 6) is 2.51. The van der Waals surface area contributed by atoms with Crippen molar-refractivity contribution in [1.29, 1.82) is 0 Å². The van der Waals surface area contributed by atoms with Gasteiger partial charge in [-0.05, 0) is 57.9 Å². The molecule has 44 heavy (non-hydrogen) atoms. The summed E-state index contributed by atoms with van der Waals surface area (Å²) in [5, 5.41) is 1.31. The predicted molar refractivity (Wildman–Crippen MR) is 167 cm³/mol. The number of hydrogen-bond acceptors (Lipinski definition) is 8. The summed E-state index contributed by atoms with van der Waals surface area (Å²) in [6, 6.07) is 7.31. The summed E-state index contributed by atoms with van der Waals surface area (Å²) in [4.78, 5) is 28.7. The first kappa shape index (κ1) is 28.4. The SMILES string of the molecule is COc1ccc2c(=O)c3c(n(C)c2c1OC)OC(C)(C)[C@@H]1[C@H]3C[C@]2(C)C[C@H]1c1c(c3ccc(OC)c(OC)c3n(C)c1=O)O2. The first-order chi connectivity index (χ1) is 20.9. The normalized spacial score (nSPS) is 24.4. The van der Waals surface area contributed by atoms with Crippen LogP contribution in [0.25, 0.3) is 21.8 Å². The Morgan fingerprint density at radius 2 is 1.27 bits per heavy atom. The van der Waals surface area contributed by atoms with E-state index in [1.807, 2.05) is 23.7 Å². The third kappa shape index (κ3) is 3.53. The van der Waals surface area contributed by atoms with Gasteiger partial charge in [-0.1, -0.05) is 0 Å². The van der Waals surface area contributed by atoms with Crippen molar-refractivity contribution < 1.29 is 28.4 Å². The largest absolute Gasteiger partial charge is 0.493 e. The second-order valence-corrected chi connectivity index (χ2v) is 13.0. The van der Waals surface area contributed by atoms with Crippen molar-refractivity contribution in [2.75, 3.05) is 28.4 Å². The van der Waals surface area contributed by atoms with E-state index in [0.29, 0.717) is 75.0 Å². The first-order valence-electron chi connectivity index (χ1n) is 14.8. The van der Waals surface area contributed by atoms with Gasteiger partial charge in [0.15, 0.2) is 28.4 Å². The van der Waals surface area contributed by atoms with Crippen molar-refractivity contribution in [2.24, 2.45) is 20.0 Å². The van der Waals surface area contributed by atoms with E-state index in [2.05, 4.69) is 20.8 Å². The fraction of sp³-hybridized carbons (Fsp3) is 0.471. The van der Waals surface area contributed by atoms with E-state index >= 15 is 0 Å². The summed E-state index contributed by atoms with van der Waals surface area (Å²) in [6.45, 7) is 6.20. The van der Waals surface area contributed by atoms with Gasteiger partial charge >= 0.3 is 0 Å². The molecule has 1 fully saturated rings. The maximum Gasteiger partial charge on any atom is 0.258 e. The number of rotatable bonds is 4. The molecule has 2 aromatic carbocycles. The van der Waals surface area contributed by atoms with E-state index in [9.17, 15) is 9.59 Å². The minimum atomic E-state index is -0.722. The van der Waals surface area contributed by atoms with Crippen molar-refractivity contribution in [3.05, 3.63) is 56.0 Å². The number of hydrogen-bond donors (Lipinski definition) is 0. The van der Waals surface area contributed by atoms with E-state index in [1.54, 1.807) is 52.2 Å². The van der Waals surface area contributed by atoms with Gasteiger partial charge in [0.05, 0.1) is 45.0 Å². The monoisotopic (exact) mass is 602 g/mol. The van der Waals surface area contributed by atoms with Crippen LogP contribution in [-0.2, 0) is 14.1 Å². The standard InChI is InChI=1S/C34H38N2O8/c1-33(2)24-18(22-27(37)16-10-12-20(39-6)29(41-8)25(16)36(5)32(22)44-33)14-34(3)15-19(24)23-28(43-34)17-11-13-21(40-7)30(42-9)26(17)35(4)31(23)38/h10-13,18-19,24H,14-15H2,1-9H3/t18-,19-,24+,34+/m0/s1. The Bertz CT molecular complexity index is 1980. The number of benzene rings is 2. The van der Waals surface area contributed by atoms with Crippen LogP contribution < -0.4 is 39.4 Å². The van der Waals surface area contributed by atoms with Gasteiger partial charge in [-0.25, -0.2) is 0 Å². The molecule has 7 rings (SSSR count). The molecule has 0 N–H and O–H groups in total. The lowest BCUT2D eigenvalue weighted by atomic mass is 9.56. The first-order valence-corrected chi connectivity index (χ1v) is 14.8. The second-order valence-electron chi connectivity index (χ2n) is 13.0. The van der Waals surface area contributed by atoms with E-state index in [1.165, 1.54) is 0 Å². The molecule has 0 spiro atoms. The van der Waals surface area contributed by atoms with Gasteiger partial charge in [0.25, 0.3) is 5.56 Å². The number of ether oxygens (including phenoxy) is 6. The van der Waals surface area contributed by atoms with Crippen molar-refractivity contribution in [2.45, 2.75) is 56.7 Å². The molecule has 2 bridgehead atoms. The van der Waals surface area contributed by atoms with E-state index < -0.39 is 11.2 Å². The quantitative estimate of drug-likeness (QED) is 0.321. The van der Waals surface area contributed by atoms with Crippen LogP contribution in [0.15, 0.2) is 33.9 Å². The maximum atomic E-state index is 14.4. The molecule has 2 aromatic heterocycles. The van der Waals surface area contributed by atoms with Crippen LogP contribution in [0.1, 0.15) is 56.6 Å². The van der Waals surface area contributed by atoms with Gasteiger partial charge in [0.2, 0.25) is 5.88 Å². The van der Waals surface area contributed by atoms with Crippen molar-refractivity contribution in [3.63, 3.8) is 0 Å². The summed E-state index contributed by atoms with van der Waals surface area (Å²) in [7, 11) is 9.92. The molecule has 4 atom stereocenters. The van der Waals surface area contributed by atoms with Crippen LogP contribution in [0.4, 0.5) is 0 Å². The molecule has 232 valence electrons. The topological polar surface area (TPSA) is 99.4 Å². The molecule has 10 heteroatoms. The minimum Gasteiger partial charge on any atom is -0.493 e. The zero-order chi connectivity index (χ0) is 31.5. The summed E-state index contributed by atoms with van der Waals surface area (Å²) in [5.41, 5.74) is 0.839. The molecule has 0 radical (unpaired) electrons. The fourth-order valence-corrected chi connectivity index (χ4v) is 8.52. The third-order valence-electron chi connectivity index (χ3n) is 10.2. The predicted octanol–water partition coefficient (Wildman–Crippen LogP) is 5.02. The van der Waals surface area contributed by atoms with Gasteiger partial charge in [0, 0.05) is 37.2 Å². The molecule has 4 heterocycles. The van der Waals surface area contributed by atoms with E-state index in [0.717, 1.165) is 5.39 Å². The van der Waals surface area contributed by atoms with Crippen LogP contribution in [0, 0.1) is 5.92 Å². The molecule has 3 aliphatic rings. The van der Waals surface area contributed by atoms with Crippen molar-refractivity contribution in [3.8, 4) is 34.6 Å². The molecule has 0 unspecified atom stereocenters. The number of methoxy groups -OCH3 is 4. The van der Waals surface area contributed by atoms with Gasteiger partial charge in [-0.15, -0.1) is 0 Å². The molecule has 1 saturated carbocycles. The Labute approximate surface area is 255 Å². The highest BCUT2D eigenvalue weighted by Crippen LogP contribution is 2.62. The maximum absolute atomic E-state index is 14.4. The summed E-state index contributed by atoms with van der Waals surface area (Å²) < 4.78 is 39.8. The molecule has 1 aliphatic carbocycles. The van der Waals surface area contributed by atoms with Gasteiger partial charge in [-0.3, -0.25) is 9.59 Å². The number of aryl methyl sites for hydroxylation is 2. The summed E-state index contributed by atoms with van der Waals surface area (Å²) >= 11 is 0. The highest BCUT2D eigenvalue weighted by Gasteiger charge is 2.59. The van der Waals surface area contributed by atoms with Crippen LogP contribution >= 0.6 is 0 Å². The number of aromatic nitrogens is 2. The average Bonchev–Trinajstić information content (AvgIpc) is 2.99. The molecular weight excluding hydrogens is 564 g/mol. The Hall–Kier alpha value is -4.34. The Morgan fingerprint density at radius 3 is 1.84 bits per heavy atom. The van der Waals surface area contributed by atoms with Gasteiger partial charge in [-0.2, -0.15) is 0 Å². The molecule has 0 amide bonds. The Morgan fingerprint density at radius 1 is 0.727 bits per heavy atom. The number of nitrogens with zero attached hydrogens (tertiary/aromatic N) is 2. The minimum absolute atomic E-state index is 0.105. The Kier molecular flexibility index (Phi) is 6.03. The zero-order valence-electron chi connectivity index (χ0n) is 26.6. The third-order valence-corrected chi connectivity index (χ3v) is 10.2. The molecule has 2 aliphatic heterocycles. The Balaban J connectivity index is 1.51. The molecule has 0 saturated heterocycles. The van der Waals surface area contributed by atoms with E-state index in [-0.39, 0.29) is 28.7 Å². The van der Waals surface area contributed by atoms with Crippen LogP contribution in [-0.4, -0.2) is 48.8 Å². The van der Waals surface area contributed by atoms with E-state index in [4.69, 9.17) is 28.4 Å². The second kappa shape index (κ2) is 9.33. The lowest BCUT2D eigenvalue weighted by Gasteiger charge is -2.57. The average molecular weight is 603 g/mol. The fourth-order valence-electron chi connectivity index (χ4n) is 8.52. The highest BCUT2D eigenvalue weighted by atomic mass is 16.5. The lowest BCUT2D eigenvalue weighted by molar-refractivity contribution is -0.0833.